The highest BCUT2D eigenvalue weighted by molar-refractivity contribution is 5.78. The first-order chi connectivity index (χ1) is 7.43. The van der Waals surface area contributed by atoms with Crippen LogP contribution in [0.3, 0.4) is 0 Å². The molecule has 16 heavy (non-hydrogen) atoms. The van der Waals surface area contributed by atoms with Gasteiger partial charge < -0.3 is 20.5 Å². The fourth-order valence-electron chi connectivity index (χ4n) is 0.763. The van der Waals surface area contributed by atoms with Crippen molar-refractivity contribution in [1.29, 1.82) is 0 Å². The largest absolute Gasteiger partial charge is 0.479 e. The van der Waals surface area contributed by atoms with Crippen molar-refractivity contribution in [3.8, 4) is 0 Å². The Morgan fingerprint density at radius 3 is 2.31 bits per heavy atom. The maximum Gasteiger partial charge on any atom is 0.332 e. The van der Waals surface area contributed by atoms with Crippen molar-refractivity contribution in [3.63, 3.8) is 0 Å². The summed E-state index contributed by atoms with van der Waals surface area (Å²) in [5.41, 5.74) is 0. The maximum atomic E-state index is 11.1. The van der Waals surface area contributed by atoms with Crippen molar-refractivity contribution >= 4 is 17.8 Å². The normalized spacial score (nSPS) is 11.6. The molecular weight excluding hydrogens is 216 g/mol. The van der Waals surface area contributed by atoms with Gasteiger partial charge in [0, 0.05) is 20.0 Å². The van der Waals surface area contributed by atoms with E-state index in [0.29, 0.717) is 6.54 Å². The topological polar surface area (TPSA) is 105 Å². The van der Waals surface area contributed by atoms with Crippen LogP contribution in [0.4, 0.5) is 0 Å². The molecule has 0 spiro atoms. The number of amides is 2. The lowest BCUT2D eigenvalue weighted by atomic mass is 10.4. The molecule has 0 aliphatic heterocycles. The van der Waals surface area contributed by atoms with Crippen molar-refractivity contribution in [2.45, 2.75) is 20.0 Å². The van der Waals surface area contributed by atoms with Crippen LogP contribution in [0.5, 0.6) is 0 Å². The Morgan fingerprint density at radius 1 is 1.25 bits per heavy atom. The third-order valence-corrected chi connectivity index (χ3v) is 1.63. The molecule has 0 saturated carbocycles. The quantitative estimate of drug-likeness (QED) is 0.475. The van der Waals surface area contributed by atoms with Gasteiger partial charge in [-0.15, -0.1) is 0 Å². The van der Waals surface area contributed by atoms with Gasteiger partial charge >= 0.3 is 5.97 Å². The molecule has 7 heteroatoms. The average Bonchev–Trinajstić information content (AvgIpc) is 2.20. The molecule has 0 aromatic heterocycles. The van der Waals surface area contributed by atoms with Crippen LogP contribution in [0.15, 0.2) is 0 Å². The van der Waals surface area contributed by atoms with Crippen LogP contribution in [0.1, 0.15) is 13.8 Å². The molecule has 0 saturated heterocycles. The van der Waals surface area contributed by atoms with Crippen molar-refractivity contribution in [2.24, 2.45) is 0 Å². The van der Waals surface area contributed by atoms with Crippen LogP contribution >= 0.6 is 0 Å². The van der Waals surface area contributed by atoms with Crippen LogP contribution < -0.4 is 10.6 Å². The molecule has 92 valence electrons. The Kier molecular flexibility index (Phi) is 6.86. The monoisotopic (exact) mass is 232 g/mol. The first kappa shape index (κ1) is 14.4. The minimum Gasteiger partial charge on any atom is -0.479 e. The van der Waals surface area contributed by atoms with Gasteiger partial charge in [0.15, 0.2) is 6.10 Å². The van der Waals surface area contributed by atoms with Gasteiger partial charge in [0.2, 0.25) is 11.8 Å². The summed E-state index contributed by atoms with van der Waals surface area (Å²) in [6, 6.07) is 0. The Hall–Kier alpha value is -1.63. The van der Waals surface area contributed by atoms with Crippen LogP contribution in [0.2, 0.25) is 0 Å². The summed E-state index contributed by atoms with van der Waals surface area (Å²) in [5, 5.41) is 13.4. The number of carboxylic acid groups (broad SMARTS) is 1. The van der Waals surface area contributed by atoms with Crippen molar-refractivity contribution in [2.75, 3.05) is 19.7 Å². The number of hydrogen-bond donors (Lipinski definition) is 3. The van der Waals surface area contributed by atoms with Crippen molar-refractivity contribution < 1.29 is 24.2 Å². The molecule has 0 unspecified atom stereocenters. The number of aliphatic carboxylic acids is 1. The maximum absolute atomic E-state index is 11.1. The lowest BCUT2D eigenvalue weighted by Gasteiger charge is -2.09. The molecule has 3 N–H and O–H groups in total. The fourth-order valence-corrected chi connectivity index (χ4v) is 0.763. The molecule has 0 aromatic carbocycles. The van der Waals surface area contributed by atoms with E-state index in [1.54, 1.807) is 0 Å². The SMILES string of the molecule is CC(=O)NCCNC(=O)CO[C@@H](C)C(=O)O. The Bertz CT molecular complexity index is 267. The predicted molar refractivity (Wildman–Crippen MR) is 54.7 cm³/mol. The number of rotatable bonds is 7. The fraction of sp³-hybridized carbons (Fsp3) is 0.667. The van der Waals surface area contributed by atoms with E-state index in [4.69, 9.17) is 9.84 Å². The van der Waals surface area contributed by atoms with E-state index >= 15 is 0 Å². The van der Waals surface area contributed by atoms with E-state index < -0.39 is 18.0 Å². The third kappa shape index (κ3) is 7.74. The van der Waals surface area contributed by atoms with Gasteiger partial charge in [0.25, 0.3) is 0 Å². The van der Waals surface area contributed by atoms with Crippen LogP contribution in [-0.2, 0) is 19.1 Å². The Balaban J connectivity index is 3.52. The molecule has 0 aliphatic rings. The molecular formula is C9H16N2O5. The molecule has 1 atom stereocenters. The predicted octanol–water partition coefficient (Wildman–Crippen LogP) is -1.27. The number of nitrogens with one attached hydrogen (secondary N) is 2. The van der Waals surface area contributed by atoms with Crippen molar-refractivity contribution in [1.82, 2.24) is 10.6 Å². The summed E-state index contributed by atoms with van der Waals surface area (Å²) in [6.45, 7) is 3.01. The summed E-state index contributed by atoms with van der Waals surface area (Å²) >= 11 is 0. The van der Waals surface area contributed by atoms with E-state index in [9.17, 15) is 14.4 Å². The second-order valence-electron chi connectivity index (χ2n) is 3.12. The summed E-state index contributed by atoms with van der Waals surface area (Å²) in [4.78, 5) is 31.9. The third-order valence-electron chi connectivity index (χ3n) is 1.63. The van der Waals surface area contributed by atoms with Gasteiger partial charge in [-0.3, -0.25) is 9.59 Å². The highest BCUT2D eigenvalue weighted by Crippen LogP contribution is 1.89. The van der Waals surface area contributed by atoms with E-state index in [2.05, 4.69) is 10.6 Å². The Morgan fingerprint density at radius 2 is 1.81 bits per heavy atom. The second kappa shape index (κ2) is 7.63. The van der Waals surface area contributed by atoms with Gasteiger partial charge in [0.05, 0.1) is 0 Å². The molecule has 0 radical (unpaired) electrons. The zero-order valence-corrected chi connectivity index (χ0v) is 9.28. The van der Waals surface area contributed by atoms with Gasteiger partial charge in [-0.1, -0.05) is 0 Å². The zero-order valence-electron chi connectivity index (χ0n) is 9.28. The Labute approximate surface area is 93.2 Å². The van der Waals surface area contributed by atoms with Crippen LogP contribution in [0.25, 0.3) is 0 Å². The molecule has 0 aliphatic carbocycles. The average molecular weight is 232 g/mol. The highest BCUT2D eigenvalue weighted by atomic mass is 16.5. The number of ether oxygens (including phenoxy) is 1. The van der Waals surface area contributed by atoms with Crippen molar-refractivity contribution in [3.05, 3.63) is 0 Å². The lowest BCUT2D eigenvalue weighted by molar-refractivity contribution is -0.150. The van der Waals surface area contributed by atoms with Gasteiger partial charge in [-0.05, 0) is 6.92 Å². The molecule has 7 nitrogen and oxygen atoms in total. The standard InChI is InChI=1S/C9H16N2O5/c1-6(9(14)15)16-5-8(13)11-4-3-10-7(2)12/h6H,3-5H2,1-2H3,(H,10,12)(H,11,13)(H,14,15)/t6-/m0/s1. The molecule has 0 bridgehead atoms. The zero-order chi connectivity index (χ0) is 12.6. The lowest BCUT2D eigenvalue weighted by Crippen LogP contribution is -2.36. The second-order valence-corrected chi connectivity index (χ2v) is 3.12. The summed E-state index contributed by atoms with van der Waals surface area (Å²) in [5.74, 6) is -1.71. The van der Waals surface area contributed by atoms with Gasteiger partial charge in [0.1, 0.15) is 6.61 Å². The first-order valence-corrected chi connectivity index (χ1v) is 4.79. The minimum atomic E-state index is -1.12. The van der Waals surface area contributed by atoms with E-state index in [-0.39, 0.29) is 19.1 Å². The van der Waals surface area contributed by atoms with Gasteiger partial charge in [-0.2, -0.15) is 0 Å². The molecule has 0 heterocycles. The first-order valence-electron chi connectivity index (χ1n) is 4.79. The number of carbonyl (C=O) groups is 3. The van der Waals surface area contributed by atoms with E-state index in [1.807, 2.05) is 0 Å². The van der Waals surface area contributed by atoms with E-state index in [0.717, 1.165) is 0 Å². The number of hydrogen-bond acceptors (Lipinski definition) is 4. The smallest absolute Gasteiger partial charge is 0.332 e. The molecule has 0 fully saturated rings. The highest BCUT2D eigenvalue weighted by Gasteiger charge is 2.12. The summed E-state index contributed by atoms with van der Waals surface area (Å²) in [6.07, 6.45) is -1.01. The summed E-state index contributed by atoms with van der Waals surface area (Å²) < 4.78 is 4.74. The molecule has 0 rings (SSSR count). The number of carbonyl (C=O) groups excluding carboxylic acids is 2. The molecule has 2 amide bonds. The molecule has 0 aromatic rings. The van der Waals surface area contributed by atoms with Crippen LogP contribution in [-0.4, -0.2) is 48.7 Å². The summed E-state index contributed by atoms with van der Waals surface area (Å²) in [7, 11) is 0. The minimum absolute atomic E-state index is 0.176. The number of carboxylic acids is 1. The van der Waals surface area contributed by atoms with Gasteiger partial charge in [-0.25, -0.2) is 4.79 Å². The van der Waals surface area contributed by atoms with Crippen LogP contribution in [0, 0.1) is 0 Å². The van der Waals surface area contributed by atoms with E-state index in [1.165, 1.54) is 13.8 Å².